The third kappa shape index (κ3) is 5.04. The van der Waals surface area contributed by atoms with Gasteiger partial charge in [-0.3, -0.25) is 9.36 Å². The van der Waals surface area contributed by atoms with Gasteiger partial charge in [0.15, 0.2) is 0 Å². The second-order valence-electron chi connectivity index (χ2n) is 5.41. The molecule has 6 heteroatoms. The van der Waals surface area contributed by atoms with Crippen LogP contribution in [-0.4, -0.2) is 55.8 Å². The monoisotopic (exact) mass is 304 g/mol. The van der Waals surface area contributed by atoms with E-state index in [1.165, 1.54) is 5.57 Å². The summed E-state index contributed by atoms with van der Waals surface area (Å²) in [6, 6.07) is 0. The first kappa shape index (κ1) is 19.4. The smallest absolute Gasteiger partial charge is 0.319 e. The zero-order valence-corrected chi connectivity index (χ0v) is 14.7. The first-order valence-corrected chi connectivity index (χ1v) is 8.61. The largest absolute Gasteiger partial charge is 0.465 e. The molecule has 0 aromatic carbocycles. The van der Waals surface area contributed by atoms with E-state index in [1.54, 1.807) is 44.5 Å². The molecule has 0 saturated heterocycles. The molecule has 0 radical (unpaired) electrons. The molecule has 0 fully saturated rings. The molecule has 0 rings (SSSR count). The lowest BCUT2D eigenvalue weighted by molar-refractivity contribution is -0.142. The van der Waals surface area contributed by atoms with Gasteiger partial charge in [-0.25, -0.2) is 9.34 Å². The lowest BCUT2D eigenvalue weighted by Crippen LogP contribution is -2.35. The molecule has 1 atom stereocenters. The summed E-state index contributed by atoms with van der Waals surface area (Å²) >= 11 is 0. The molecule has 5 nitrogen and oxygen atoms in total. The minimum Gasteiger partial charge on any atom is -0.465 e. The fourth-order valence-electron chi connectivity index (χ4n) is 2.11. The van der Waals surface area contributed by atoms with Gasteiger partial charge in [-0.1, -0.05) is 11.6 Å². The van der Waals surface area contributed by atoms with Crippen LogP contribution < -0.4 is 0 Å². The Bertz CT molecular complexity index is 376. The fourth-order valence-corrected chi connectivity index (χ4v) is 4.77. The van der Waals surface area contributed by atoms with Crippen molar-refractivity contribution >= 4 is 13.4 Å². The van der Waals surface area contributed by atoms with E-state index in [9.17, 15) is 9.36 Å². The molecule has 0 aromatic rings. The number of nitrogens with zero attached hydrogens (tertiary/aromatic N) is 2. The van der Waals surface area contributed by atoms with Crippen molar-refractivity contribution in [2.75, 3.05) is 34.8 Å². The molecular formula is C14H29N2O3P. The molecule has 20 heavy (non-hydrogen) atoms. The maximum Gasteiger partial charge on any atom is 0.319 e. The molecule has 0 saturated carbocycles. The molecule has 118 valence electrons. The number of carbonyl (C=O) groups is 1. The highest BCUT2D eigenvalue weighted by atomic mass is 31.2. The van der Waals surface area contributed by atoms with Gasteiger partial charge in [-0.15, -0.1) is 0 Å². The quantitative estimate of drug-likeness (QED) is 0.392. The Kier molecular flexibility index (Phi) is 8.33. The van der Waals surface area contributed by atoms with Gasteiger partial charge < -0.3 is 4.74 Å². The molecular weight excluding hydrogens is 275 g/mol. The number of allylic oxidation sites excluding steroid dienone is 2. The average Bonchev–Trinajstić information content (AvgIpc) is 2.33. The summed E-state index contributed by atoms with van der Waals surface area (Å²) in [4.78, 5) is 12.2. The molecule has 0 bridgehead atoms. The van der Waals surface area contributed by atoms with Gasteiger partial charge in [0.05, 0.1) is 6.61 Å². The highest BCUT2D eigenvalue weighted by molar-refractivity contribution is 7.60. The second kappa shape index (κ2) is 8.60. The van der Waals surface area contributed by atoms with E-state index in [-0.39, 0.29) is 5.97 Å². The van der Waals surface area contributed by atoms with Crippen molar-refractivity contribution in [3.05, 3.63) is 11.6 Å². The Morgan fingerprint density at radius 1 is 1.20 bits per heavy atom. The number of hydrogen-bond acceptors (Lipinski definition) is 3. The first-order valence-electron chi connectivity index (χ1n) is 6.93. The zero-order chi connectivity index (χ0) is 15.9. The van der Waals surface area contributed by atoms with Crippen LogP contribution in [0.15, 0.2) is 11.6 Å². The van der Waals surface area contributed by atoms with E-state index < -0.39 is 13.1 Å². The summed E-state index contributed by atoms with van der Waals surface area (Å²) in [5.41, 5.74) is 0.570. The van der Waals surface area contributed by atoms with Gasteiger partial charge in [-0.05, 0) is 61.8 Å². The SMILES string of the molecule is CCOC(=O)C(CCC=C(C)C)P(=O)(N(C)C)N(C)C. The first-order chi connectivity index (χ1) is 9.17. The van der Waals surface area contributed by atoms with Crippen molar-refractivity contribution in [3.63, 3.8) is 0 Å². The lowest BCUT2D eigenvalue weighted by atomic mass is 10.2. The molecule has 0 heterocycles. The van der Waals surface area contributed by atoms with E-state index >= 15 is 0 Å². The van der Waals surface area contributed by atoms with Gasteiger partial charge in [0.1, 0.15) is 5.66 Å². The van der Waals surface area contributed by atoms with Crippen LogP contribution >= 0.6 is 7.44 Å². The highest BCUT2D eigenvalue weighted by Gasteiger charge is 2.42. The Labute approximate surface area is 123 Å². The molecule has 1 unspecified atom stereocenters. The number of rotatable bonds is 8. The average molecular weight is 304 g/mol. The van der Waals surface area contributed by atoms with Gasteiger partial charge in [0, 0.05) is 0 Å². The maximum absolute atomic E-state index is 13.2. The summed E-state index contributed by atoms with van der Waals surface area (Å²) in [5.74, 6) is -0.375. The molecule has 0 aromatic heterocycles. The summed E-state index contributed by atoms with van der Waals surface area (Å²) < 4.78 is 21.7. The van der Waals surface area contributed by atoms with E-state index in [2.05, 4.69) is 6.08 Å². The minimum absolute atomic E-state index is 0.304. The number of ether oxygens (including phenoxy) is 1. The van der Waals surface area contributed by atoms with Crippen LogP contribution in [0.3, 0.4) is 0 Å². The minimum atomic E-state index is -2.96. The van der Waals surface area contributed by atoms with Gasteiger partial charge >= 0.3 is 5.97 Å². The van der Waals surface area contributed by atoms with Crippen molar-refractivity contribution in [3.8, 4) is 0 Å². The lowest BCUT2D eigenvalue weighted by Gasteiger charge is -2.35. The predicted octanol–water partition coefficient (Wildman–Crippen LogP) is 2.98. The van der Waals surface area contributed by atoms with Crippen LogP contribution in [0.2, 0.25) is 0 Å². The normalized spacial score (nSPS) is 13.4. The Balaban J connectivity index is 5.32. The summed E-state index contributed by atoms with van der Waals surface area (Å²) in [6.45, 7) is 6.09. The van der Waals surface area contributed by atoms with Crippen LogP contribution in [0.5, 0.6) is 0 Å². The molecule has 0 spiro atoms. The number of esters is 1. The fraction of sp³-hybridized carbons (Fsp3) is 0.786. The van der Waals surface area contributed by atoms with Crippen molar-refractivity contribution < 1.29 is 14.1 Å². The standard InChI is InChI=1S/C14H29N2O3P/c1-8-19-14(17)13(11-9-10-12(2)3)20(18,15(4)5)16(6)7/h10,13H,8-9,11H2,1-7H3. The van der Waals surface area contributed by atoms with Crippen LogP contribution in [0.4, 0.5) is 0 Å². The predicted molar refractivity (Wildman–Crippen MR) is 84.1 cm³/mol. The van der Waals surface area contributed by atoms with Crippen LogP contribution in [0, 0.1) is 0 Å². The van der Waals surface area contributed by atoms with E-state index in [1.807, 2.05) is 13.8 Å². The van der Waals surface area contributed by atoms with Crippen LogP contribution in [0.25, 0.3) is 0 Å². The second-order valence-corrected chi connectivity index (χ2v) is 8.81. The summed E-state index contributed by atoms with van der Waals surface area (Å²) in [5, 5.41) is 0. The Morgan fingerprint density at radius 3 is 2.05 bits per heavy atom. The molecule has 0 aliphatic rings. The van der Waals surface area contributed by atoms with Crippen molar-refractivity contribution in [1.82, 2.24) is 9.34 Å². The maximum atomic E-state index is 13.2. The van der Waals surface area contributed by atoms with Crippen LogP contribution in [0.1, 0.15) is 33.6 Å². The van der Waals surface area contributed by atoms with Gasteiger partial charge in [0.25, 0.3) is 0 Å². The Hall–Kier alpha value is -0.640. The summed E-state index contributed by atoms with van der Waals surface area (Å²) in [6.07, 6.45) is 3.30. The zero-order valence-electron chi connectivity index (χ0n) is 13.8. The Morgan fingerprint density at radius 2 is 1.70 bits per heavy atom. The number of hydrogen-bond donors (Lipinski definition) is 0. The van der Waals surface area contributed by atoms with Crippen molar-refractivity contribution in [2.24, 2.45) is 0 Å². The molecule has 0 N–H and O–H groups in total. The molecule has 0 aliphatic heterocycles. The van der Waals surface area contributed by atoms with E-state index in [4.69, 9.17) is 4.74 Å². The van der Waals surface area contributed by atoms with Crippen molar-refractivity contribution in [2.45, 2.75) is 39.3 Å². The third-order valence-corrected chi connectivity index (χ3v) is 6.68. The highest BCUT2D eigenvalue weighted by Crippen LogP contribution is 2.56. The van der Waals surface area contributed by atoms with E-state index in [0.29, 0.717) is 13.0 Å². The van der Waals surface area contributed by atoms with Gasteiger partial charge in [-0.2, -0.15) is 0 Å². The molecule has 0 aliphatic carbocycles. The van der Waals surface area contributed by atoms with Crippen molar-refractivity contribution in [1.29, 1.82) is 0 Å². The number of carbonyl (C=O) groups excluding carboxylic acids is 1. The van der Waals surface area contributed by atoms with Crippen LogP contribution in [-0.2, 0) is 14.1 Å². The topological polar surface area (TPSA) is 49.9 Å². The molecule has 0 amide bonds. The van der Waals surface area contributed by atoms with E-state index in [0.717, 1.165) is 6.42 Å². The van der Waals surface area contributed by atoms with Gasteiger partial charge in [0.2, 0.25) is 7.44 Å². The third-order valence-electron chi connectivity index (χ3n) is 3.10. The summed E-state index contributed by atoms with van der Waals surface area (Å²) in [7, 11) is 4.02.